The van der Waals surface area contributed by atoms with Gasteiger partial charge in [-0.1, -0.05) is 79.9 Å². The number of hydrogen-bond acceptors (Lipinski definition) is 10. The number of benzene rings is 2. The molecule has 6 rings (SSSR count). The van der Waals surface area contributed by atoms with Gasteiger partial charge in [0.1, 0.15) is 24.2 Å². The van der Waals surface area contributed by atoms with E-state index in [0.29, 0.717) is 90.4 Å². The molecule has 4 saturated heterocycles. The highest BCUT2D eigenvalue weighted by molar-refractivity contribution is 5.95. The van der Waals surface area contributed by atoms with Gasteiger partial charge in [0, 0.05) is 64.2 Å². The summed E-state index contributed by atoms with van der Waals surface area (Å²) in [6.45, 7) is 5.09. The van der Waals surface area contributed by atoms with Crippen LogP contribution in [0.15, 0.2) is 60.7 Å². The van der Waals surface area contributed by atoms with Crippen LogP contribution in [0.5, 0.6) is 0 Å². The third-order valence-electron chi connectivity index (χ3n) is 14.9. The van der Waals surface area contributed by atoms with Gasteiger partial charge in [-0.15, -0.1) is 0 Å². The molecule has 0 aromatic heterocycles. The summed E-state index contributed by atoms with van der Waals surface area (Å²) in [6, 6.07) is 14.8. The number of nitrogens with zero attached hydrogens (tertiary/aromatic N) is 4. The predicted molar refractivity (Wildman–Crippen MR) is 269 cm³/mol. The third kappa shape index (κ3) is 15.1. The Morgan fingerprint density at radius 2 is 0.915 bits per heavy atom. The molecule has 4 fully saturated rings. The van der Waals surface area contributed by atoms with Gasteiger partial charge in [0.15, 0.2) is 0 Å². The molecule has 18 heteroatoms. The molecule has 8 amide bonds. The Bertz CT molecular complexity index is 1980. The standard InChI is InChI=1S/C53H78N10O8/c1-36(54-3)48(66)58-42-34-60(32-28-40-22-24-44(62(40)52(42)70)50(68)56-30-26-38-16-10-8-11-17-38)46(64)20-14-6-5-7-15-21-47(65)61-33-29-41-23-25-45(51(69)57-31-27-39-18-12-9-13-19-39)63(41)53(71)43(35-61)59-49(67)37(2)55-4/h8-13,16-19,36-37,40-45,54-55H,5-7,14-15,20-35H2,1-4H3,(H,56,68)(H,57,69)(H,58,66)(H,59,67)/t36-,37-,40+,41+,42-,43-,44-,45?/m0/s1. The maximum atomic E-state index is 14.3. The Morgan fingerprint density at radius 3 is 1.30 bits per heavy atom. The molecule has 0 aliphatic carbocycles. The van der Waals surface area contributed by atoms with Gasteiger partial charge in [-0.05, 0) is 103 Å². The van der Waals surface area contributed by atoms with Crippen molar-refractivity contribution in [3.63, 3.8) is 0 Å². The predicted octanol–water partition coefficient (Wildman–Crippen LogP) is 1.80. The molecule has 2 aromatic carbocycles. The minimum absolute atomic E-state index is 0.0125. The summed E-state index contributed by atoms with van der Waals surface area (Å²) in [5.41, 5.74) is 2.21. The van der Waals surface area contributed by atoms with E-state index in [1.165, 1.54) is 0 Å². The fourth-order valence-electron chi connectivity index (χ4n) is 10.4. The molecule has 0 bridgehead atoms. The van der Waals surface area contributed by atoms with E-state index in [2.05, 4.69) is 31.9 Å². The Labute approximate surface area is 419 Å². The Hall–Kier alpha value is -5.88. The van der Waals surface area contributed by atoms with E-state index in [9.17, 15) is 38.4 Å². The van der Waals surface area contributed by atoms with Crippen LogP contribution in [0.25, 0.3) is 0 Å². The van der Waals surface area contributed by atoms with E-state index in [1.54, 1.807) is 47.5 Å². The molecule has 4 aliphatic rings. The number of likely N-dealkylation sites (N-methyl/N-ethyl adjacent to an activating group) is 2. The second-order valence-corrected chi connectivity index (χ2v) is 19.7. The topological polar surface area (TPSA) is 222 Å². The molecule has 0 radical (unpaired) electrons. The zero-order chi connectivity index (χ0) is 50.9. The molecule has 71 heavy (non-hydrogen) atoms. The summed E-state index contributed by atoms with van der Waals surface area (Å²) in [5, 5.41) is 17.6. The molecule has 4 heterocycles. The molecular weight excluding hydrogens is 905 g/mol. The molecule has 18 nitrogen and oxygen atoms in total. The van der Waals surface area contributed by atoms with Crippen molar-refractivity contribution in [2.45, 2.75) is 158 Å². The lowest BCUT2D eigenvalue weighted by molar-refractivity contribution is -0.147. The highest BCUT2D eigenvalue weighted by Crippen LogP contribution is 2.31. The average Bonchev–Trinajstić information content (AvgIpc) is 4.00. The third-order valence-corrected chi connectivity index (χ3v) is 14.9. The van der Waals surface area contributed by atoms with Crippen molar-refractivity contribution in [3.05, 3.63) is 71.8 Å². The first kappa shape index (κ1) is 54.5. The first-order chi connectivity index (χ1) is 34.3. The smallest absolute Gasteiger partial charge is 0.247 e. The maximum Gasteiger partial charge on any atom is 0.247 e. The number of rotatable bonds is 22. The first-order valence-corrected chi connectivity index (χ1v) is 26.1. The zero-order valence-corrected chi connectivity index (χ0v) is 42.3. The van der Waals surface area contributed by atoms with Crippen LogP contribution >= 0.6 is 0 Å². The van der Waals surface area contributed by atoms with E-state index >= 15 is 0 Å². The number of hydrogen-bond donors (Lipinski definition) is 6. The zero-order valence-electron chi connectivity index (χ0n) is 42.3. The first-order valence-electron chi connectivity index (χ1n) is 26.1. The lowest BCUT2D eigenvalue weighted by Crippen LogP contribution is -2.62. The minimum atomic E-state index is -1.01. The van der Waals surface area contributed by atoms with Gasteiger partial charge >= 0.3 is 0 Å². The SMILES string of the molecule is CN[C@@H](C)C(=O)N[C@H]1CN(C(=O)CCCCCCCC(=O)N2CC[C@H]3CC[C@@H](C(=O)NCCc4ccccc4)N3C(=O)[C@@H](NC(=O)[C@H](C)NC)C2)CC[C@H]2CCC(C(=O)NCCc3ccccc3)N2C1=O. The largest absolute Gasteiger partial charge is 0.354 e. The fraction of sp³-hybridized carbons (Fsp3) is 0.623. The molecule has 6 N–H and O–H groups in total. The van der Waals surface area contributed by atoms with Crippen molar-refractivity contribution in [3.8, 4) is 0 Å². The fourth-order valence-corrected chi connectivity index (χ4v) is 10.4. The van der Waals surface area contributed by atoms with Crippen molar-refractivity contribution in [2.75, 3.05) is 53.4 Å². The van der Waals surface area contributed by atoms with Crippen LogP contribution in [0.2, 0.25) is 0 Å². The van der Waals surface area contributed by atoms with Crippen molar-refractivity contribution in [2.24, 2.45) is 0 Å². The number of carbonyl (C=O) groups excluding carboxylic acids is 8. The maximum absolute atomic E-state index is 14.3. The normalized spacial score (nSPS) is 23.3. The van der Waals surface area contributed by atoms with Crippen molar-refractivity contribution < 1.29 is 38.4 Å². The van der Waals surface area contributed by atoms with Gasteiger partial charge in [-0.25, -0.2) is 0 Å². The molecule has 0 saturated carbocycles. The van der Waals surface area contributed by atoms with E-state index in [1.807, 2.05) is 60.7 Å². The molecule has 8 atom stereocenters. The van der Waals surface area contributed by atoms with Gasteiger partial charge in [-0.3, -0.25) is 38.4 Å². The Morgan fingerprint density at radius 1 is 0.535 bits per heavy atom. The highest BCUT2D eigenvalue weighted by atomic mass is 16.2. The molecule has 2 aromatic rings. The van der Waals surface area contributed by atoms with Crippen LogP contribution < -0.4 is 31.9 Å². The second-order valence-electron chi connectivity index (χ2n) is 19.7. The molecule has 4 aliphatic heterocycles. The summed E-state index contributed by atoms with van der Waals surface area (Å²) in [6.07, 6.45) is 8.78. The van der Waals surface area contributed by atoms with Gasteiger partial charge in [0.05, 0.1) is 12.1 Å². The van der Waals surface area contributed by atoms with Crippen LogP contribution in [0.4, 0.5) is 0 Å². The number of nitrogens with one attached hydrogen (secondary N) is 6. The molecule has 1 unspecified atom stereocenters. The average molecular weight is 983 g/mol. The molecule has 0 spiro atoms. The highest BCUT2D eigenvalue weighted by Gasteiger charge is 2.47. The summed E-state index contributed by atoms with van der Waals surface area (Å²) >= 11 is 0. The summed E-state index contributed by atoms with van der Waals surface area (Å²) in [4.78, 5) is 116. The van der Waals surface area contributed by atoms with Crippen molar-refractivity contribution in [1.29, 1.82) is 0 Å². The van der Waals surface area contributed by atoms with Gasteiger partial charge in [0.2, 0.25) is 47.3 Å². The van der Waals surface area contributed by atoms with Crippen LogP contribution in [0.1, 0.15) is 108 Å². The number of carbonyl (C=O) groups is 8. The van der Waals surface area contributed by atoms with Crippen molar-refractivity contribution in [1.82, 2.24) is 51.5 Å². The van der Waals surface area contributed by atoms with E-state index in [-0.39, 0.29) is 85.3 Å². The van der Waals surface area contributed by atoms with E-state index in [4.69, 9.17) is 0 Å². The summed E-state index contributed by atoms with van der Waals surface area (Å²) in [5.74, 6) is -2.05. The minimum Gasteiger partial charge on any atom is -0.354 e. The van der Waals surface area contributed by atoms with Gasteiger partial charge in [-0.2, -0.15) is 0 Å². The lowest BCUT2D eigenvalue weighted by atomic mass is 10.0. The Kier molecular flexibility index (Phi) is 20.8. The molecule has 388 valence electrons. The molecular formula is C53H78N10O8. The monoisotopic (exact) mass is 983 g/mol. The lowest BCUT2D eigenvalue weighted by Gasteiger charge is -2.39. The Balaban J connectivity index is 0.967. The van der Waals surface area contributed by atoms with Crippen LogP contribution in [0.3, 0.4) is 0 Å². The quantitative estimate of drug-likeness (QED) is 0.0940. The van der Waals surface area contributed by atoms with Gasteiger partial charge < -0.3 is 51.5 Å². The van der Waals surface area contributed by atoms with Crippen LogP contribution in [-0.2, 0) is 51.2 Å². The van der Waals surface area contributed by atoms with Gasteiger partial charge in [0.25, 0.3) is 0 Å². The van der Waals surface area contributed by atoms with E-state index < -0.39 is 36.3 Å². The van der Waals surface area contributed by atoms with Crippen LogP contribution in [0, 0.1) is 0 Å². The number of unbranched alkanes of at least 4 members (excludes halogenated alkanes) is 4. The van der Waals surface area contributed by atoms with E-state index in [0.717, 1.165) is 30.4 Å². The summed E-state index contributed by atoms with van der Waals surface area (Å²) in [7, 11) is 3.32. The number of fused-ring (bicyclic) bond motifs is 2. The number of amides is 8. The summed E-state index contributed by atoms with van der Waals surface area (Å²) < 4.78 is 0. The second kappa shape index (κ2) is 27.1. The van der Waals surface area contributed by atoms with Crippen molar-refractivity contribution >= 4 is 47.3 Å². The van der Waals surface area contributed by atoms with Crippen LogP contribution in [-0.4, -0.2) is 169 Å².